The molecule has 1 aliphatic heterocycles. The maximum atomic E-state index is 5.58. The Bertz CT molecular complexity index is 339. The van der Waals surface area contributed by atoms with Gasteiger partial charge in [0.15, 0.2) is 0 Å². The first kappa shape index (κ1) is 11.4. The lowest BCUT2D eigenvalue weighted by Crippen LogP contribution is -2.60. The topological polar surface area (TPSA) is 56.5 Å². The molecule has 0 bridgehead atoms. The Labute approximate surface area is 95.7 Å². The zero-order chi connectivity index (χ0) is 11.6. The summed E-state index contributed by atoms with van der Waals surface area (Å²) in [5, 5.41) is 0. The average Bonchev–Trinajstić information content (AvgIpc) is 2.19. The van der Waals surface area contributed by atoms with Crippen LogP contribution in [0.2, 0.25) is 0 Å². The minimum Gasteiger partial charge on any atom is -0.491 e. The molecule has 0 aromatic heterocycles. The normalized spacial score (nSPS) is 18.2. The third-order valence-electron chi connectivity index (χ3n) is 2.75. The van der Waals surface area contributed by atoms with Crippen LogP contribution in [0.25, 0.3) is 0 Å². The molecule has 0 unspecified atom stereocenters. The van der Waals surface area contributed by atoms with Crippen molar-refractivity contribution in [3.63, 3.8) is 0 Å². The first-order valence-electron chi connectivity index (χ1n) is 5.49. The molecular weight excluding hydrogens is 204 g/mol. The monoisotopic (exact) mass is 222 g/mol. The largest absolute Gasteiger partial charge is 0.491 e. The summed E-state index contributed by atoms with van der Waals surface area (Å²) in [7, 11) is 0. The summed E-state index contributed by atoms with van der Waals surface area (Å²) in [5.74, 6) is 6.44. The molecule has 1 saturated heterocycles. The van der Waals surface area contributed by atoms with Crippen molar-refractivity contribution in [3.05, 3.63) is 29.8 Å². The van der Waals surface area contributed by atoms with E-state index < -0.39 is 0 Å². The predicted molar refractivity (Wildman–Crippen MR) is 62.0 cm³/mol. The average molecular weight is 222 g/mol. The fourth-order valence-electron chi connectivity index (χ4n) is 1.76. The van der Waals surface area contributed by atoms with Crippen LogP contribution in [-0.4, -0.2) is 19.3 Å². The smallest absolute Gasteiger partial charge is 0.119 e. The van der Waals surface area contributed by atoms with Crippen LogP contribution in [0.5, 0.6) is 5.75 Å². The number of nitrogens with two attached hydrogens (primary N) is 1. The summed E-state index contributed by atoms with van der Waals surface area (Å²) >= 11 is 0. The number of hydrogen-bond donors (Lipinski definition) is 2. The fraction of sp³-hybridized carbons (Fsp3) is 0.500. The molecule has 1 aromatic carbocycles. The van der Waals surface area contributed by atoms with Gasteiger partial charge in [-0.25, -0.2) is 5.43 Å². The van der Waals surface area contributed by atoms with Gasteiger partial charge in [0.2, 0.25) is 0 Å². The molecular formula is C12H18N2O2. The first-order chi connectivity index (χ1) is 7.66. The number of hydrogen-bond acceptors (Lipinski definition) is 4. The minimum atomic E-state index is -0.212. The van der Waals surface area contributed by atoms with E-state index >= 15 is 0 Å². The van der Waals surface area contributed by atoms with E-state index in [1.54, 1.807) is 0 Å². The Morgan fingerprint density at radius 2 is 1.94 bits per heavy atom. The van der Waals surface area contributed by atoms with Gasteiger partial charge in [0.05, 0.1) is 19.3 Å². The standard InChI is InChI=1S/C12H18N2O2/c1-9(2)16-11-5-3-10(4-6-11)12(14-13)7-15-8-12/h3-6,9,14H,7-8,13H2,1-2H3. The van der Waals surface area contributed by atoms with Gasteiger partial charge in [-0.05, 0) is 31.5 Å². The SMILES string of the molecule is CC(C)Oc1ccc(C2(NN)COC2)cc1. The quantitative estimate of drug-likeness (QED) is 0.593. The summed E-state index contributed by atoms with van der Waals surface area (Å²) in [4.78, 5) is 0. The van der Waals surface area contributed by atoms with Crippen molar-refractivity contribution in [3.8, 4) is 5.75 Å². The fourth-order valence-corrected chi connectivity index (χ4v) is 1.76. The molecule has 1 heterocycles. The molecule has 0 atom stereocenters. The Balaban J connectivity index is 2.12. The van der Waals surface area contributed by atoms with Crippen molar-refractivity contribution < 1.29 is 9.47 Å². The van der Waals surface area contributed by atoms with E-state index in [-0.39, 0.29) is 11.6 Å². The highest BCUT2D eigenvalue weighted by molar-refractivity contribution is 5.33. The van der Waals surface area contributed by atoms with Crippen molar-refractivity contribution in [2.24, 2.45) is 5.84 Å². The molecule has 0 saturated carbocycles. The van der Waals surface area contributed by atoms with E-state index in [1.165, 1.54) is 0 Å². The molecule has 0 amide bonds. The first-order valence-corrected chi connectivity index (χ1v) is 5.49. The maximum Gasteiger partial charge on any atom is 0.119 e. The van der Waals surface area contributed by atoms with Crippen LogP contribution in [0, 0.1) is 0 Å². The van der Waals surface area contributed by atoms with Crippen LogP contribution in [0.4, 0.5) is 0 Å². The maximum absolute atomic E-state index is 5.58. The molecule has 88 valence electrons. The number of benzene rings is 1. The lowest BCUT2D eigenvalue weighted by Gasteiger charge is -2.41. The highest BCUT2D eigenvalue weighted by atomic mass is 16.5. The Morgan fingerprint density at radius 1 is 1.31 bits per heavy atom. The second kappa shape index (κ2) is 4.41. The third kappa shape index (κ3) is 2.04. The number of ether oxygens (including phenoxy) is 2. The molecule has 2 rings (SSSR count). The van der Waals surface area contributed by atoms with Gasteiger partial charge in [0, 0.05) is 0 Å². The van der Waals surface area contributed by atoms with Crippen LogP contribution >= 0.6 is 0 Å². The van der Waals surface area contributed by atoms with E-state index in [2.05, 4.69) is 5.43 Å². The van der Waals surface area contributed by atoms with Gasteiger partial charge in [-0.3, -0.25) is 5.84 Å². The minimum absolute atomic E-state index is 0.194. The lowest BCUT2D eigenvalue weighted by atomic mass is 9.89. The zero-order valence-corrected chi connectivity index (χ0v) is 9.69. The Hall–Kier alpha value is -1.10. The summed E-state index contributed by atoms with van der Waals surface area (Å²) in [5.41, 5.74) is 3.75. The summed E-state index contributed by atoms with van der Waals surface area (Å²) in [6, 6.07) is 7.99. The van der Waals surface area contributed by atoms with Crippen LogP contribution in [0.15, 0.2) is 24.3 Å². The van der Waals surface area contributed by atoms with Crippen LogP contribution in [0.3, 0.4) is 0 Å². The molecule has 1 aromatic rings. The van der Waals surface area contributed by atoms with Crippen molar-refractivity contribution >= 4 is 0 Å². The molecule has 4 heteroatoms. The summed E-state index contributed by atoms with van der Waals surface area (Å²) < 4.78 is 10.8. The number of hydrazine groups is 1. The van der Waals surface area contributed by atoms with E-state index in [0.717, 1.165) is 11.3 Å². The van der Waals surface area contributed by atoms with Crippen LogP contribution < -0.4 is 16.0 Å². The second-order valence-corrected chi connectivity index (χ2v) is 4.41. The zero-order valence-electron chi connectivity index (χ0n) is 9.69. The Morgan fingerprint density at radius 3 is 2.31 bits per heavy atom. The van der Waals surface area contributed by atoms with Gasteiger partial charge in [0.1, 0.15) is 11.3 Å². The number of rotatable bonds is 4. The van der Waals surface area contributed by atoms with Gasteiger partial charge in [-0.2, -0.15) is 0 Å². The summed E-state index contributed by atoms with van der Waals surface area (Å²) in [6.45, 7) is 5.26. The molecule has 0 spiro atoms. The van der Waals surface area contributed by atoms with E-state index in [9.17, 15) is 0 Å². The number of nitrogens with one attached hydrogen (secondary N) is 1. The second-order valence-electron chi connectivity index (χ2n) is 4.41. The molecule has 1 aliphatic rings. The van der Waals surface area contributed by atoms with Gasteiger partial charge < -0.3 is 9.47 Å². The van der Waals surface area contributed by atoms with Crippen molar-refractivity contribution in [2.45, 2.75) is 25.5 Å². The summed E-state index contributed by atoms with van der Waals surface area (Å²) in [6.07, 6.45) is 0.194. The predicted octanol–water partition coefficient (Wildman–Crippen LogP) is 1.16. The molecule has 3 N–H and O–H groups in total. The van der Waals surface area contributed by atoms with Crippen LogP contribution in [0.1, 0.15) is 19.4 Å². The van der Waals surface area contributed by atoms with Gasteiger partial charge in [0.25, 0.3) is 0 Å². The van der Waals surface area contributed by atoms with E-state index in [0.29, 0.717) is 13.2 Å². The molecule has 1 fully saturated rings. The molecule has 0 aliphatic carbocycles. The highest BCUT2D eigenvalue weighted by Gasteiger charge is 2.39. The van der Waals surface area contributed by atoms with E-state index in [1.807, 2.05) is 38.1 Å². The lowest BCUT2D eigenvalue weighted by molar-refractivity contribution is -0.0787. The van der Waals surface area contributed by atoms with Crippen molar-refractivity contribution in [2.75, 3.05) is 13.2 Å². The van der Waals surface area contributed by atoms with E-state index in [4.69, 9.17) is 15.3 Å². The van der Waals surface area contributed by atoms with Gasteiger partial charge in [-0.1, -0.05) is 12.1 Å². The van der Waals surface area contributed by atoms with Gasteiger partial charge >= 0.3 is 0 Å². The Kier molecular flexibility index (Phi) is 3.14. The third-order valence-corrected chi connectivity index (χ3v) is 2.75. The van der Waals surface area contributed by atoms with Crippen molar-refractivity contribution in [1.29, 1.82) is 0 Å². The molecule has 0 radical (unpaired) electrons. The molecule has 4 nitrogen and oxygen atoms in total. The van der Waals surface area contributed by atoms with Crippen molar-refractivity contribution in [1.82, 2.24) is 5.43 Å². The highest BCUT2D eigenvalue weighted by Crippen LogP contribution is 2.29. The van der Waals surface area contributed by atoms with Gasteiger partial charge in [-0.15, -0.1) is 0 Å². The van der Waals surface area contributed by atoms with Crippen LogP contribution in [-0.2, 0) is 10.3 Å². The molecule has 16 heavy (non-hydrogen) atoms.